The fourth-order valence-electron chi connectivity index (χ4n) is 2.31. The molecule has 0 saturated carbocycles. The first-order valence-electron chi connectivity index (χ1n) is 7.50. The van der Waals surface area contributed by atoms with Gasteiger partial charge in [-0.25, -0.2) is 0 Å². The third kappa shape index (κ3) is 4.62. The maximum Gasteiger partial charge on any atom is 0.276 e. The van der Waals surface area contributed by atoms with E-state index >= 15 is 0 Å². The Hall–Kier alpha value is -2.30. The highest BCUT2D eigenvalue weighted by Crippen LogP contribution is 2.19. The van der Waals surface area contributed by atoms with Crippen LogP contribution in [0.4, 0.5) is 0 Å². The summed E-state index contributed by atoms with van der Waals surface area (Å²) in [6, 6.07) is 5.82. The highest BCUT2D eigenvalue weighted by atomic mass is 16.5. The quantitative estimate of drug-likeness (QED) is 0.662. The van der Waals surface area contributed by atoms with Gasteiger partial charge in [-0.3, -0.25) is 20.4 Å². The minimum absolute atomic E-state index is 0.0646. The summed E-state index contributed by atoms with van der Waals surface area (Å²) in [5.74, 6) is 0.0918. The number of hydrazine groups is 1. The van der Waals surface area contributed by atoms with E-state index in [9.17, 15) is 9.59 Å². The molecule has 0 fully saturated rings. The molecule has 2 N–H and O–H groups in total. The van der Waals surface area contributed by atoms with E-state index in [1.54, 1.807) is 0 Å². The molecule has 0 aromatic heterocycles. The Kier molecular flexibility index (Phi) is 5.58. The van der Waals surface area contributed by atoms with Gasteiger partial charge >= 0.3 is 0 Å². The Morgan fingerprint density at radius 3 is 2.77 bits per heavy atom. The van der Waals surface area contributed by atoms with E-state index in [1.807, 2.05) is 38.1 Å². The zero-order chi connectivity index (χ0) is 15.9. The minimum atomic E-state index is -0.374. The van der Waals surface area contributed by atoms with E-state index in [1.165, 1.54) is 0 Å². The van der Waals surface area contributed by atoms with Crippen molar-refractivity contribution in [2.75, 3.05) is 6.61 Å². The maximum atomic E-state index is 11.9. The van der Waals surface area contributed by atoms with Crippen LogP contribution in [-0.4, -0.2) is 18.4 Å². The van der Waals surface area contributed by atoms with Crippen molar-refractivity contribution in [2.24, 2.45) is 5.92 Å². The second-order valence-corrected chi connectivity index (χ2v) is 5.58. The predicted molar refractivity (Wildman–Crippen MR) is 84.2 cm³/mol. The molecule has 5 nitrogen and oxygen atoms in total. The van der Waals surface area contributed by atoms with E-state index in [-0.39, 0.29) is 24.3 Å². The number of carbonyl (C=O) groups excluding carboxylic acids is 2. The molecular formula is C17H22N2O3. The Bertz CT molecular complexity index is 581. The van der Waals surface area contributed by atoms with Crippen molar-refractivity contribution in [1.82, 2.24) is 10.9 Å². The standard InChI is InChI=1S/C17H22N2O3/c1-12-8-9-13(2)15(10-12)22-11-16(20)18-19-17(21)14-6-4-3-5-7-14/h3-4,8-10,14H,5-7,11H2,1-2H3,(H,18,20)(H,19,21). The van der Waals surface area contributed by atoms with Crippen LogP contribution in [0, 0.1) is 19.8 Å². The highest BCUT2D eigenvalue weighted by Gasteiger charge is 2.18. The number of rotatable bonds is 4. The second-order valence-electron chi connectivity index (χ2n) is 5.58. The second kappa shape index (κ2) is 7.64. The summed E-state index contributed by atoms with van der Waals surface area (Å²) in [4.78, 5) is 23.6. The number of hydrogen-bond donors (Lipinski definition) is 2. The molecule has 0 spiro atoms. The summed E-state index contributed by atoms with van der Waals surface area (Å²) in [6.07, 6.45) is 6.51. The van der Waals surface area contributed by atoms with E-state index in [4.69, 9.17) is 4.74 Å². The van der Waals surface area contributed by atoms with Gasteiger partial charge in [0.25, 0.3) is 5.91 Å². The van der Waals surface area contributed by atoms with Crippen LogP contribution < -0.4 is 15.6 Å². The predicted octanol–water partition coefficient (Wildman–Crippen LogP) is 2.19. The van der Waals surface area contributed by atoms with Crippen molar-refractivity contribution in [1.29, 1.82) is 0 Å². The van der Waals surface area contributed by atoms with Gasteiger partial charge in [0.05, 0.1) is 0 Å². The molecule has 1 atom stereocenters. The Morgan fingerprint density at radius 2 is 2.05 bits per heavy atom. The van der Waals surface area contributed by atoms with Crippen molar-refractivity contribution in [3.8, 4) is 5.75 Å². The van der Waals surface area contributed by atoms with Crippen molar-refractivity contribution in [2.45, 2.75) is 33.1 Å². The lowest BCUT2D eigenvalue weighted by Gasteiger charge is -2.17. The van der Waals surface area contributed by atoms with Gasteiger partial charge in [0.2, 0.25) is 5.91 Å². The number of benzene rings is 1. The number of aryl methyl sites for hydroxylation is 2. The van der Waals surface area contributed by atoms with Gasteiger partial charge in [-0.2, -0.15) is 0 Å². The fourth-order valence-corrected chi connectivity index (χ4v) is 2.31. The van der Waals surface area contributed by atoms with Crippen LogP contribution >= 0.6 is 0 Å². The molecule has 0 radical (unpaired) electrons. The molecular weight excluding hydrogens is 280 g/mol. The zero-order valence-electron chi connectivity index (χ0n) is 13.0. The van der Waals surface area contributed by atoms with Gasteiger partial charge in [0, 0.05) is 5.92 Å². The first-order chi connectivity index (χ1) is 10.6. The average Bonchev–Trinajstić information content (AvgIpc) is 2.54. The number of ether oxygens (including phenoxy) is 1. The first kappa shape index (κ1) is 16.1. The monoisotopic (exact) mass is 302 g/mol. The molecule has 2 rings (SSSR count). The molecule has 118 valence electrons. The number of carbonyl (C=O) groups is 2. The fraction of sp³-hybridized carbons (Fsp3) is 0.412. The van der Waals surface area contributed by atoms with E-state index in [0.29, 0.717) is 5.75 Å². The topological polar surface area (TPSA) is 67.4 Å². The van der Waals surface area contributed by atoms with Gasteiger partial charge in [0.15, 0.2) is 6.61 Å². The largest absolute Gasteiger partial charge is 0.483 e. The third-order valence-electron chi connectivity index (χ3n) is 3.67. The molecule has 0 bridgehead atoms. The van der Waals surface area contributed by atoms with E-state index in [2.05, 4.69) is 16.9 Å². The number of hydrogen-bond acceptors (Lipinski definition) is 3. The van der Waals surface area contributed by atoms with Gasteiger partial charge in [0.1, 0.15) is 5.75 Å². The lowest BCUT2D eigenvalue weighted by Crippen LogP contribution is -2.46. The molecule has 0 aliphatic heterocycles. The third-order valence-corrected chi connectivity index (χ3v) is 3.67. The van der Waals surface area contributed by atoms with Gasteiger partial charge in [-0.05, 0) is 50.3 Å². The van der Waals surface area contributed by atoms with E-state index in [0.717, 1.165) is 30.4 Å². The molecule has 1 aliphatic rings. The molecule has 1 unspecified atom stereocenters. The summed E-state index contributed by atoms with van der Waals surface area (Å²) in [5.41, 5.74) is 6.90. The summed E-state index contributed by atoms with van der Waals surface area (Å²) in [6.45, 7) is 3.76. The Labute approximate surface area is 130 Å². The van der Waals surface area contributed by atoms with Crippen LogP contribution in [0.15, 0.2) is 30.4 Å². The Morgan fingerprint density at radius 1 is 1.23 bits per heavy atom. The highest BCUT2D eigenvalue weighted by molar-refractivity contribution is 5.84. The number of allylic oxidation sites excluding steroid dienone is 2. The molecule has 2 amide bonds. The zero-order valence-corrected chi connectivity index (χ0v) is 13.0. The van der Waals surface area contributed by atoms with Gasteiger partial charge in [-0.15, -0.1) is 0 Å². The lowest BCUT2D eigenvalue weighted by atomic mass is 9.94. The van der Waals surface area contributed by atoms with Crippen molar-refractivity contribution >= 4 is 11.8 Å². The molecule has 1 aliphatic carbocycles. The van der Waals surface area contributed by atoms with Crippen molar-refractivity contribution in [3.05, 3.63) is 41.5 Å². The van der Waals surface area contributed by atoms with Crippen LogP contribution in [0.25, 0.3) is 0 Å². The van der Waals surface area contributed by atoms with Gasteiger partial charge in [-0.1, -0.05) is 24.3 Å². The lowest BCUT2D eigenvalue weighted by molar-refractivity contribution is -0.132. The smallest absolute Gasteiger partial charge is 0.276 e. The first-order valence-corrected chi connectivity index (χ1v) is 7.50. The molecule has 1 aromatic rings. The summed E-state index contributed by atoms with van der Waals surface area (Å²) < 4.78 is 5.48. The number of nitrogens with one attached hydrogen (secondary N) is 2. The molecule has 1 aromatic carbocycles. The van der Waals surface area contributed by atoms with Crippen LogP contribution in [0.2, 0.25) is 0 Å². The van der Waals surface area contributed by atoms with E-state index < -0.39 is 0 Å². The molecule has 5 heteroatoms. The Balaban J connectivity index is 1.75. The van der Waals surface area contributed by atoms with Crippen LogP contribution in [-0.2, 0) is 9.59 Å². The van der Waals surface area contributed by atoms with Crippen molar-refractivity contribution in [3.63, 3.8) is 0 Å². The average molecular weight is 302 g/mol. The molecule has 0 heterocycles. The van der Waals surface area contributed by atoms with Crippen molar-refractivity contribution < 1.29 is 14.3 Å². The van der Waals surface area contributed by atoms with Crippen LogP contribution in [0.1, 0.15) is 30.4 Å². The van der Waals surface area contributed by atoms with Crippen LogP contribution in [0.5, 0.6) is 5.75 Å². The maximum absolute atomic E-state index is 11.9. The molecule has 0 saturated heterocycles. The SMILES string of the molecule is Cc1ccc(C)c(OCC(=O)NNC(=O)C2CC=CCC2)c1. The summed E-state index contributed by atoms with van der Waals surface area (Å²) >= 11 is 0. The minimum Gasteiger partial charge on any atom is -0.483 e. The molecule has 22 heavy (non-hydrogen) atoms. The van der Waals surface area contributed by atoms with Gasteiger partial charge < -0.3 is 4.74 Å². The normalized spacial score (nSPS) is 16.9. The summed E-state index contributed by atoms with van der Waals surface area (Å²) in [5, 5.41) is 0. The summed E-state index contributed by atoms with van der Waals surface area (Å²) in [7, 11) is 0. The number of amides is 2. The van der Waals surface area contributed by atoms with Crippen LogP contribution in [0.3, 0.4) is 0 Å².